The van der Waals surface area contributed by atoms with Gasteiger partial charge in [-0.1, -0.05) is 18.2 Å². The largest absolute Gasteiger partial charge is 0.497 e. The summed E-state index contributed by atoms with van der Waals surface area (Å²) in [6.45, 7) is 2.70. The molecule has 0 aliphatic rings. The van der Waals surface area contributed by atoms with Gasteiger partial charge in [-0.25, -0.2) is 0 Å². The highest BCUT2D eigenvalue weighted by atomic mass is 127. The molecule has 0 unspecified atom stereocenters. The van der Waals surface area contributed by atoms with Crippen LogP contribution in [0.1, 0.15) is 11.1 Å². The van der Waals surface area contributed by atoms with Crippen molar-refractivity contribution in [3.63, 3.8) is 0 Å². The molecule has 0 saturated carbocycles. The van der Waals surface area contributed by atoms with Crippen molar-refractivity contribution in [2.45, 2.75) is 13.1 Å². The van der Waals surface area contributed by atoms with Crippen LogP contribution in [0.25, 0.3) is 0 Å². The van der Waals surface area contributed by atoms with Crippen molar-refractivity contribution < 1.29 is 14.2 Å². The fourth-order valence-electron chi connectivity index (χ4n) is 2.71. The summed E-state index contributed by atoms with van der Waals surface area (Å²) in [5.74, 6) is 3.12. The summed E-state index contributed by atoms with van der Waals surface area (Å²) in [6.07, 6.45) is 0. The van der Waals surface area contributed by atoms with E-state index in [2.05, 4.69) is 26.6 Å². The number of ether oxygens (including phenoxy) is 3. The van der Waals surface area contributed by atoms with Crippen molar-refractivity contribution >= 4 is 29.9 Å². The minimum atomic E-state index is 0. The molecule has 30 heavy (non-hydrogen) atoms. The van der Waals surface area contributed by atoms with Crippen molar-refractivity contribution in [3.05, 3.63) is 53.6 Å². The Morgan fingerprint density at radius 3 is 2.20 bits per heavy atom. The van der Waals surface area contributed by atoms with E-state index in [4.69, 9.17) is 14.2 Å². The van der Waals surface area contributed by atoms with E-state index in [0.717, 1.165) is 34.9 Å². The molecule has 0 radical (unpaired) electrons. The van der Waals surface area contributed by atoms with Gasteiger partial charge in [0.15, 0.2) is 5.96 Å². The van der Waals surface area contributed by atoms with Crippen LogP contribution >= 0.6 is 24.0 Å². The highest BCUT2D eigenvalue weighted by molar-refractivity contribution is 14.0. The van der Waals surface area contributed by atoms with Crippen LogP contribution in [0.5, 0.6) is 17.2 Å². The van der Waals surface area contributed by atoms with Gasteiger partial charge in [0.2, 0.25) is 0 Å². The van der Waals surface area contributed by atoms with Crippen LogP contribution in [0, 0.1) is 0 Å². The lowest BCUT2D eigenvalue weighted by atomic mass is 10.2. The minimum Gasteiger partial charge on any atom is -0.497 e. The quantitative estimate of drug-likeness (QED) is 0.281. The number of nitrogens with zero attached hydrogens (tertiary/aromatic N) is 2. The maximum absolute atomic E-state index is 5.92. The number of methoxy groups -OCH3 is 2. The number of aliphatic imine (C=N–C) groups is 1. The lowest BCUT2D eigenvalue weighted by molar-refractivity contribution is 0.259. The molecule has 0 heterocycles. The van der Waals surface area contributed by atoms with Crippen molar-refractivity contribution in [1.29, 1.82) is 0 Å². The Morgan fingerprint density at radius 1 is 0.933 bits per heavy atom. The van der Waals surface area contributed by atoms with Crippen LogP contribution in [0.2, 0.25) is 0 Å². The van der Waals surface area contributed by atoms with E-state index in [1.165, 1.54) is 0 Å². The molecule has 8 heteroatoms. The van der Waals surface area contributed by atoms with Crippen LogP contribution in [0.4, 0.5) is 0 Å². The molecule has 2 N–H and O–H groups in total. The van der Waals surface area contributed by atoms with Crippen LogP contribution < -0.4 is 24.8 Å². The first-order chi connectivity index (χ1) is 14.1. The van der Waals surface area contributed by atoms with Gasteiger partial charge in [-0.05, 0) is 32.3 Å². The van der Waals surface area contributed by atoms with E-state index in [-0.39, 0.29) is 24.0 Å². The monoisotopic (exact) mass is 528 g/mol. The molecule has 0 aliphatic carbocycles. The van der Waals surface area contributed by atoms with Gasteiger partial charge in [0.25, 0.3) is 0 Å². The molecule has 2 aromatic carbocycles. The third-order valence-electron chi connectivity index (χ3n) is 4.38. The third kappa shape index (κ3) is 8.27. The van der Waals surface area contributed by atoms with Gasteiger partial charge in [0.1, 0.15) is 23.9 Å². The normalized spacial score (nSPS) is 10.9. The Morgan fingerprint density at radius 2 is 1.60 bits per heavy atom. The highest BCUT2D eigenvalue weighted by Crippen LogP contribution is 2.24. The molecular formula is C22H33IN4O3. The second-order valence-corrected chi connectivity index (χ2v) is 6.72. The topological polar surface area (TPSA) is 67.4 Å². The molecule has 0 saturated heterocycles. The van der Waals surface area contributed by atoms with Gasteiger partial charge in [-0.2, -0.15) is 0 Å². The third-order valence-corrected chi connectivity index (χ3v) is 4.38. The molecular weight excluding hydrogens is 495 g/mol. The lowest BCUT2D eigenvalue weighted by Crippen LogP contribution is -2.36. The van der Waals surface area contributed by atoms with Gasteiger partial charge in [-0.15, -0.1) is 24.0 Å². The molecule has 2 rings (SSSR count). The summed E-state index contributed by atoms with van der Waals surface area (Å²) in [4.78, 5) is 6.40. The summed E-state index contributed by atoms with van der Waals surface area (Å²) in [6, 6.07) is 13.8. The van der Waals surface area contributed by atoms with Gasteiger partial charge < -0.3 is 29.7 Å². The molecule has 0 amide bonds. The Kier molecular flexibility index (Phi) is 12.0. The maximum Gasteiger partial charge on any atom is 0.191 e. The van der Waals surface area contributed by atoms with Crippen molar-refractivity contribution in [2.75, 3.05) is 48.5 Å². The van der Waals surface area contributed by atoms with E-state index in [1.807, 2.05) is 50.5 Å². The van der Waals surface area contributed by atoms with Crippen LogP contribution in [0.15, 0.2) is 47.5 Å². The Labute approximate surface area is 196 Å². The zero-order chi connectivity index (χ0) is 21.1. The summed E-state index contributed by atoms with van der Waals surface area (Å²) >= 11 is 0. The summed E-state index contributed by atoms with van der Waals surface area (Å²) in [5, 5.41) is 6.65. The first-order valence-electron chi connectivity index (χ1n) is 9.58. The zero-order valence-corrected chi connectivity index (χ0v) is 20.7. The average molecular weight is 528 g/mol. The van der Waals surface area contributed by atoms with E-state index >= 15 is 0 Å². The first-order valence-corrected chi connectivity index (χ1v) is 9.58. The predicted molar refractivity (Wildman–Crippen MR) is 132 cm³/mol. The smallest absolute Gasteiger partial charge is 0.191 e. The van der Waals surface area contributed by atoms with Crippen LogP contribution in [-0.2, 0) is 13.1 Å². The fraction of sp³-hybridized carbons (Fsp3) is 0.409. The highest BCUT2D eigenvalue weighted by Gasteiger charge is 2.08. The van der Waals surface area contributed by atoms with Crippen molar-refractivity contribution in [1.82, 2.24) is 15.5 Å². The second kappa shape index (κ2) is 13.9. The number of halogens is 1. The Balaban J connectivity index is 0.00000450. The van der Waals surface area contributed by atoms with E-state index in [9.17, 15) is 0 Å². The predicted octanol–water partition coefficient (Wildman–Crippen LogP) is 3.13. The standard InChI is InChI=1S/C22H32N4O3.HI/c1-23-22(25-16-18-10-11-19(27-4)14-21(18)28-5)24-15-17-8-6-7-9-20(17)29-13-12-26(2)3;/h6-11,14H,12-13,15-16H2,1-5H3,(H2,23,24,25);1H. The number of rotatable bonds is 10. The number of benzene rings is 2. The van der Waals surface area contributed by atoms with Crippen molar-refractivity contribution in [2.24, 2.45) is 4.99 Å². The molecule has 166 valence electrons. The molecule has 0 spiro atoms. The molecule has 0 fully saturated rings. The summed E-state index contributed by atoms with van der Waals surface area (Å²) in [5.41, 5.74) is 2.10. The second-order valence-electron chi connectivity index (χ2n) is 6.72. The van der Waals surface area contributed by atoms with Crippen LogP contribution in [0.3, 0.4) is 0 Å². The number of guanidine groups is 1. The van der Waals surface area contributed by atoms with Crippen molar-refractivity contribution in [3.8, 4) is 17.2 Å². The number of nitrogens with one attached hydrogen (secondary N) is 2. The Bertz CT molecular complexity index is 800. The van der Waals surface area contributed by atoms with Crippen LogP contribution in [-0.4, -0.2) is 59.4 Å². The number of para-hydroxylation sites is 1. The summed E-state index contributed by atoms with van der Waals surface area (Å²) in [7, 11) is 9.10. The van der Waals surface area contributed by atoms with E-state index in [1.54, 1.807) is 21.3 Å². The number of hydrogen-bond acceptors (Lipinski definition) is 5. The Hall–Kier alpha value is -2.20. The van der Waals surface area contributed by atoms with E-state index < -0.39 is 0 Å². The minimum absolute atomic E-state index is 0. The average Bonchev–Trinajstić information content (AvgIpc) is 2.74. The molecule has 0 bridgehead atoms. The molecule has 2 aromatic rings. The molecule has 0 atom stereocenters. The molecule has 7 nitrogen and oxygen atoms in total. The lowest BCUT2D eigenvalue weighted by Gasteiger charge is -2.17. The number of hydrogen-bond donors (Lipinski definition) is 2. The van der Waals surface area contributed by atoms with Gasteiger partial charge in [-0.3, -0.25) is 4.99 Å². The summed E-state index contributed by atoms with van der Waals surface area (Å²) < 4.78 is 16.6. The molecule has 0 aromatic heterocycles. The van der Waals surface area contributed by atoms with Gasteiger partial charge in [0.05, 0.1) is 14.2 Å². The van der Waals surface area contributed by atoms with E-state index in [0.29, 0.717) is 25.7 Å². The SMILES string of the molecule is CN=C(NCc1ccc(OC)cc1OC)NCc1ccccc1OCCN(C)C.I. The molecule has 0 aliphatic heterocycles. The fourth-order valence-corrected chi connectivity index (χ4v) is 2.71. The number of likely N-dealkylation sites (N-methyl/N-ethyl adjacent to an activating group) is 1. The first kappa shape index (κ1) is 25.8. The van der Waals surface area contributed by atoms with Gasteiger partial charge in [0, 0.05) is 43.9 Å². The maximum atomic E-state index is 5.92. The zero-order valence-electron chi connectivity index (χ0n) is 18.4. The van der Waals surface area contributed by atoms with Gasteiger partial charge >= 0.3 is 0 Å².